The van der Waals surface area contributed by atoms with Gasteiger partial charge in [-0.15, -0.1) is 0 Å². The van der Waals surface area contributed by atoms with E-state index in [1.807, 2.05) is 19.1 Å². The van der Waals surface area contributed by atoms with E-state index in [0.717, 1.165) is 55.2 Å². The molecule has 6 aromatic carbocycles. The lowest BCUT2D eigenvalue weighted by Crippen LogP contribution is -2.06. The Hall–Kier alpha value is -5.22. The maximum atomic E-state index is 15.3. The van der Waals surface area contributed by atoms with Crippen LogP contribution < -0.4 is 0 Å². The van der Waals surface area contributed by atoms with Gasteiger partial charge in [-0.2, -0.15) is 0 Å². The molecule has 2 nitrogen and oxygen atoms in total. The van der Waals surface area contributed by atoms with Gasteiger partial charge in [0.05, 0.1) is 39.0 Å². The molecule has 4 heteroatoms. The standard InChI is InChI=1S/C39H28F2N2/c1-23-15-17-35-29(19-23)26-9-4-6-13-33(26)42(35)37-21-25(3)28(39-31(40)11-8-12-32(39)41)22-38(37)43-34-14-7-5-10-27(34)30-20-24(2)16-18-36(30)43/h4-22H,1-3H3. The van der Waals surface area contributed by atoms with Gasteiger partial charge in [-0.1, -0.05) is 65.7 Å². The summed E-state index contributed by atoms with van der Waals surface area (Å²) in [5.41, 5.74) is 9.68. The van der Waals surface area contributed by atoms with Crippen molar-refractivity contribution in [2.45, 2.75) is 20.8 Å². The van der Waals surface area contributed by atoms with Gasteiger partial charge in [0.1, 0.15) is 11.6 Å². The number of hydrogen-bond acceptors (Lipinski definition) is 0. The van der Waals surface area contributed by atoms with Crippen molar-refractivity contribution >= 4 is 43.6 Å². The van der Waals surface area contributed by atoms with Crippen LogP contribution in [0.25, 0.3) is 66.1 Å². The molecule has 0 fully saturated rings. The van der Waals surface area contributed by atoms with Gasteiger partial charge in [0.25, 0.3) is 0 Å². The molecular weight excluding hydrogens is 534 g/mol. The van der Waals surface area contributed by atoms with Gasteiger partial charge in [0, 0.05) is 21.5 Å². The van der Waals surface area contributed by atoms with Crippen molar-refractivity contribution in [2.24, 2.45) is 0 Å². The summed E-state index contributed by atoms with van der Waals surface area (Å²) in [5, 5.41) is 4.59. The van der Waals surface area contributed by atoms with Gasteiger partial charge in [-0.3, -0.25) is 0 Å². The first-order valence-corrected chi connectivity index (χ1v) is 14.5. The van der Waals surface area contributed by atoms with E-state index >= 15 is 8.78 Å². The molecule has 0 bridgehead atoms. The zero-order valence-corrected chi connectivity index (χ0v) is 24.1. The molecular formula is C39H28F2N2. The Morgan fingerprint density at radius 1 is 0.442 bits per heavy atom. The summed E-state index contributed by atoms with van der Waals surface area (Å²) in [7, 11) is 0. The molecule has 0 saturated carbocycles. The van der Waals surface area contributed by atoms with Crippen molar-refractivity contribution in [1.82, 2.24) is 9.13 Å². The van der Waals surface area contributed by atoms with Crippen LogP contribution in [0, 0.1) is 32.4 Å². The molecule has 0 aliphatic heterocycles. The third kappa shape index (κ3) is 3.76. The lowest BCUT2D eigenvalue weighted by molar-refractivity contribution is 0.589. The number of para-hydroxylation sites is 2. The highest BCUT2D eigenvalue weighted by molar-refractivity contribution is 6.12. The second kappa shape index (κ2) is 9.40. The molecule has 0 aliphatic rings. The van der Waals surface area contributed by atoms with E-state index in [0.29, 0.717) is 5.56 Å². The minimum atomic E-state index is -0.577. The molecule has 0 amide bonds. The molecule has 0 radical (unpaired) electrons. The molecule has 0 aliphatic carbocycles. The largest absolute Gasteiger partial charge is 0.307 e. The Kier molecular flexibility index (Phi) is 5.57. The van der Waals surface area contributed by atoms with Crippen LogP contribution in [-0.4, -0.2) is 9.13 Å². The minimum absolute atomic E-state index is 0.0118. The molecule has 0 saturated heterocycles. The zero-order valence-electron chi connectivity index (χ0n) is 24.1. The average molecular weight is 563 g/mol. The van der Waals surface area contributed by atoms with Crippen molar-refractivity contribution in [2.75, 3.05) is 0 Å². The first-order chi connectivity index (χ1) is 20.9. The van der Waals surface area contributed by atoms with E-state index in [1.54, 1.807) is 0 Å². The highest BCUT2D eigenvalue weighted by Crippen LogP contribution is 2.41. The van der Waals surface area contributed by atoms with Gasteiger partial charge >= 0.3 is 0 Å². The Labute approximate surface area is 248 Å². The van der Waals surface area contributed by atoms with Gasteiger partial charge < -0.3 is 9.13 Å². The fraction of sp³-hybridized carbons (Fsp3) is 0.0769. The number of aromatic nitrogens is 2. The summed E-state index contributed by atoms with van der Waals surface area (Å²) in [5.74, 6) is -1.15. The fourth-order valence-electron chi connectivity index (χ4n) is 6.76. The smallest absolute Gasteiger partial charge is 0.133 e. The van der Waals surface area contributed by atoms with Crippen molar-refractivity contribution < 1.29 is 8.78 Å². The number of rotatable bonds is 3. The van der Waals surface area contributed by atoms with Gasteiger partial charge in [0.15, 0.2) is 0 Å². The van der Waals surface area contributed by atoms with Crippen molar-refractivity contribution in [3.05, 3.63) is 144 Å². The third-order valence-electron chi connectivity index (χ3n) is 8.69. The lowest BCUT2D eigenvalue weighted by atomic mass is 9.97. The van der Waals surface area contributed by atoms with Crippen molar-refractivity contribution in [1.29, 1.82) is 0 Å². The van der Waals surface area contributed by atoms with Gasteiger partial charge in [0.2, 0.25) is 0 Å². The Balaban J connectivity index is 1.58. The topological polar surface area (TPSA) is 9.86 Å². The molecule has 0 spiro atoms. The second-order valence-corrected chi connectivity index (χ2v) is 11.5. The molecule has 0 atom stereocenters. The summed E-state index contributed by atoms with van der Waals surface area (Å²) in [6, 6.07) is 37.9. The lowest BCUT2D eigenvalue weighted by Gasteiger charge is -2.20. The Morgan fingerprint density at radius 3 is 1.44 bits per heavy atom. The molecule has 208 valence electrons. The first kappa shape index (κ1) is 25.5. The number of benzene rings is 6. The third-order valence-corrected chi connectivity index (χ3v) is 8.69. The summed E-state index contributed by atoms with van der Waals surface area (Å²) < 4.78 is 35.2. The summed E-state index contributed by atoms with van der Waals surface area (Å²) in [6.45, 7) is 6.14. The van der Waals surface area contributed by atoms with Gasteiger partial charge in [-0.25, -0.2) is 8.78 Å². The van der Waals surface area contributed by atoms with Crippen LogP contribution in [0.1, 0.15) is 16.7 Å². The maximum absolute atomic E-state index is 15.3. The van der Waals surface area contributed by atoms with Crippen LogP contribution in [-0.2, 0) is 0 Å². The highest BCUT2D eigenvalue weighted by Gasteiger charge is 2.23. The van der Waals surface area contributed by atoms with Gasteiger partial charge in [-0.05, 0) is 92.6 Å². The van der Waals surface area contributed by atoms with Crippen LogP contribution in [0.15, 0.2) is 115 Å². The van der Waals surface area contributed by atoms with Crippen LogP contribution >= 0.6 is 0 Å². The van der Waals surface area contributed by atoms with E-state index in [1.165, 1.54) is 34.7 Å². The quantitative estimate of drug-likeness (QED) is 0.203. The van der Waals surface area contributed by atoms with E-state index in [2.05, 4.69) is 108 Å². The van der Waals surface area contributed by atoms with E-state index in [4.69, 9.17) is 0 Å². The second-order valence-electron chi connectivity index (χ2n) is 11.5. The SMILES string of the molecule is Cc1ccc2c(c1)c1ccccc1n2-c1cc(C)c(-c2c(F)cccc2F)cc1-n1c2ccccc2c2cc(C)ccc21. The van der Waals surface area contributed by atoms with E-state index < -0.39 is 11.6 Å². The molecule has 8 rings (SSSR count). The summed E-state index contributed by atoms with van der Waals surface area (Å²) in [4.78, 5) is 0. The van der Waals surface area contributed by atoms with Crippen LogP contribution in [0.2, 0.25) is 0 Å². The Bertz CT molecular complexity index is 2390. The number of fused-ring (bicyclic) bond motifs is 6. The molecule has 0 unspecified atom stereocenters. The van der Waals surface area contributed by atoms with Crippen LogP contribution in [0.5, 0.6) is 0 Å². The number of halogens is 2. The number of hydrogen-bond donors (Lipinski definition) is 0. The minimum Gasteiger partial charge on any atom is -0.307 e. The zero-order chi connectivity index (χ0) is 29.4. The van der Waals surface area contributed by atoms with E-state index in [9.17, 15) is 0 Å². The molecule has 2 aromatic heterocycles. The molecule has 2 heterocycles. The van der Waals surface area contributed by atoms with Crippen LogP contribution in [0.3, 0.4) is 0 Å². The fourth-order valence-corrected chi connectivity index (χ4v) is 6.76. The molecule has 43 heavy (non-hydrogen) atoms. The predicted molar refractivity (Wildman–Crippen MR) is 175 cm³/mol. The molecule has 8 aromatic rings. The monoisotopic (exact) mass is 562 g/mol. The average Bonchev–Trinajstić information content (AvgIpc) is 3.50. The first-order valence-electron chi connectivity index (χ1n) is 14.5. The van der Waals surface area contributed by atoms with Crippen molar-refractivity contribution in [3.63, 3.8) is 0 Å². The number of aryl methyl sites for hydroxylation is 3. The summed E-state index contributed by atoms with van der Waals surface area (Å²) >= 11 is 0. The maximum Gasteiger partial charge on any atom is 0.133 e. The number of nitrogens with zero attached hydrogens (tertiary/aromatic N) is 2. The summed E-state index contributed by atoms with van der Waals surface area (Å²) in [6.07, 6.45) is 0. The van der Waals surface area contributed by atoms with Crippen molar-refractivity contribution in [3.8, 4) is 22.5 Å². The normalized spacial score (nSPS) is 11.8. The van der Waals surface area contributed by atoms with E-state index in [-0.39, 0.29) is 5.56 Å². The predicted octanol–water partition coefficient (Wildman–Crippen LogP) is 10.8. The Morgan fingerprint density at radius 2 is 0.907 bits per heavy atom. The van der Waals surface area contributed by atoms with Crippen LogP contribution in [0.4, 0.5) is 8.78 Å². The highest BCUT2D eigenvalue weighted by atomic mass is 19.1. The molecule has 0 N–H and O–H groups in total.